The first kappa shape index (κ1) is 23.0. The number of methoxy groups -OCH3 is 2. The van der Waals surface area contributed by atoms with Crippen molar-refractivity contribution in [3.8, 4) is 11.5 Å². The van der Waals surface area contributed by atoms with E-state index in [2.05, 4.69) is 10.6 Å². The van der Waals surface area contributed by atoms with Gasteiger partial charge in [-0.15, -0.1) is 11.8 Å². The van der Waals surface area contributed by atoms with Crippen LogP contribution in [0, 0.1) is 0 Å². The van der Waals surface area contributed by atoms with Crippen molar-refractivity contribution in [1.29, 1.82) is 0 Å². The molecule has 2 aromatic carbocycles. The standard InChI is InChI=1S/C21H24N2O6S2/c1-13(8-21(25)22-14-9-15(28-2)11-16(10-14)29-3)31(26,27)17-4-5-19-18(12-17)23-20(24)6-7-30-19/h4-5,9-13H,6-8H2,1-3H3,(H,22,25)(H,23,24). The van der Waals surface area contributed by atoms with Crippen LogP contribution >= 0.6 is 11.8 Å². The van der Waals surface area contributed by atoms with Gasteiger partial charge in [-0.1, -0.05) is 0 Å². The molecule has 31 heavy (non-hydrogen) atoms. The lowest BCUT2D eigenvalue weighted by atomic mass is 10.2. The van der Waals surface area contributed by atoms with E-state index in [0.29, 0.717) is 35.0 Å². The predicted molar refractivity (Wildman–Crippen MR) is 120 cm³/mol. The van der Waals surface area contributed by atoms with E-state index in [1.807, 2.05) is 0 Å². The summed E-state index contributed by atoms with van der Waals surface area (Å²) in [5.41, 5.74) is 0.921. The molecule has 1 aliphatic rings. The molecule has 3 rings (SSSR count). The lowest BCUT2D eigenvalue weighted by Crippen LogP contribution is -2.25. The first-order valence-corrected chi connectivity index (χ1v) is 12.1. The highest BCUT2D eigenvalue weighted by molar-refractivity contribution is 7.99. The van der Waals surface area contributed by atoms with Crippen molar-refractivity contribution >= 4 is 44.8 Å². The highest BCUT2D eigenvalue weighted by Crippen LogP contribution is 2.34. The zero-order chi connectivity index (χ0) is 22.6. The van der Waals surface area contributed by atoms with E-state index in [1.54, 1.807) is 24.3 Å². The SMILES string of the molecule is COc1cc(NC(=O)CC(C)S(=O)(=O)c2ccc3c(c2)NC(=O)CCS3)cc(OC)c1. The Balaban J connectivity index is 1.74. The monoisotopic (exact) mass is 464 g/mol. The number of nitrogens with one attached hydrogen (secondary N) is 2. The van der Waals surface area contributed by atoms with Crippen molar-refractivity contribution in [3.05, 3.63) is 36.4 Å². The van der Waals surface area contributed by atoms with Crippen LogP contribution < -0.4 is 20.1 Å². The van der Waals surface area contributed by atoms with E-state index in [4.69, 9.17) is 9.47 Å². The van der Waals surface area contributed by atoms with Crippen molar-refractivity contribution in [3.63, 3.8) is 0 Å². The lowest BCUT2D eigenvalue weighted by Gasteiger charge is -2.15. The molecular formula is C21H24N2O6S2. The molecule has 0 aliphatic carbocycles. The van der Waals surface area contributed by atoms with Crippen molar-refractivity contribution in [2.24, 2.45) is 0 Å². The van der Waals surface area contributed by atoms with Crippen LogP contribution in [0.15, 0.2) is 46.2 Å². The Morgan fingerprint density at radius 1 is 1.16 bits per heavy atom. The molecule has 166 valence electrons. The van der Waals surface area contributed by atoms with Gasteiger partial charge in [-0.25, -0.2) is 8.42 Å². The third-order valence-electron chi connectivity index (χ3n) is 4.78. The number of amides is 2. The zero-order valence-electron chi connectivity index (χ0n) is 17.4. The van der Waals surface area contributed by atoms with E-state index < -0.39 is 21.0 Å². The van der Waals surface area contributed by atoms with Gasteiger partial charge in [0.05, 0.1) is 30.1 Å². The maximum atomic E-state index is 13.0. The van der Waals surface area contributed by atoms with Gasteiger partial charge in [-0.3, -0.25) is 9.59 Å². The number of ether oxygens (including phenoxy) is 2. The van der Waals surface area contributed by atoms with E-state index >= 15 is 0 Å². The second-order valence-electron chi connectivity index (χ2n) is 7.01. The fraction of sp³-hybridized carbons (Fsp3) is 0.333. The maximum absolute atomic E-state index is 13.0. The largest absolute Gasteiger partial charge is 0.497 e. The number of fused-ring (bicyclic) bond motifs is 1. The number of hydrogen-bond acceptors (Lipinski definition) is 7. The first-order chi connectivity index (χ1) is 14.7. The summed E-state index contributed by atoms with van der Waals surface area (Å²) in [6.07, 6.45) is 0.132. The Morgan fingerprint density at radius 2 is 1.84 bits per heavy atom. The normalized spacial score (nSPS) is 14.6. The van der Waals surface area contributed by atoms with E-state index in [9.17, 15) is 18.0 Å². The van der Waals surface area contributed by atoms with Gasteiger partial charge < -0.3 is 20.1 Å². The van der Waals surface area contributed by atoms with Gasteiger partial charge in [0.2, 0.25) is 11.8 Å². The number of sulfone groups is 1. The molecule has 1 unspecified atom stereocenters. The molecule has 0 radical (unpaired) electrons. The van der Waals surface area contributed by atoms with Gasteiger partial charge in [0, 0.05) is 47.4 Å². The number of thioether (sulfide) groups is 1. The summed E-state index contributed by atoms with van der Waals surface area (Å²) in [4.78, 5) is 25.2. The molecule has 1 atom stereocenters. The van der Waals surface area contributed by atoms with Gasteiger partial charge >= 0.3 is 0 Å². The maximum Gasteiger partial charge on any atom is 0.225 e. The molecule has 0 bridgehead atoms. The second kappa shape index (κ2) is 9.61. The number of benzene rings is 2. The summed E-state index contributed by atoms with van der Waals surface area (Å²) in [6, 6.07) is 9.56. The van der Waals surface area contributed by atoms with Crippen LogP contribution in [0.4, 0.5) is 11.4 Å². The lowest BCUT2D eigenvalue weighted by molar-refractivity contribution is -0.116. The van der Waals surface area contributed by atoms with E-state index in [-0.39, 0.29) is 17.2 Å². The molecule has 2 N–H and O–H groups in total. The number of carbonyl (C=O) groups excluding carboxylic acids is 2. The highest BCUT2D eigenvalue weighted by atomic mass is 32.2. The summed E-state index contributed by atoms with van der Waals surface area (Å²) < 4.78 is 36.4. The van der Waals surface area contributed by atoms with Crippen molar-refractivity contribution in [2.45, 2.75) is 34.8 Å². The Hall–Kier alpha value is -2.72. The predicted octanol–water partition coefficient (Wildman–Crippen LogP) is 3.33. The quantitative estimate of drug-likeness (QED) is 0.647. The molecule has 0 saturated heterocycles. The molecule has 2 amide bonds. The van der Waals surface area contributed by atoms with Gasteiger partial charge in [0.15, 0.2) is 9.84 Å². The number of anilines is 2. The van der Waals surface area contributed by atoms with Crippen molar-refractivity contribution < 1.29 is 27.5 Å². The number of hydrogen-bond donors (Lipinski definition) is 2. The van der Waals surface area contributed by atoms with Gasteiger partial charge in [-0.2, -0.15) is 0 Å². The average molecular weight is 465 g/mol. The minimum atomic E-state index is -3.79. The first-order valence-electron chi connectivity index (χ1n) is 9.56. The summed E-state index contributed by atoms with van der Waals surface area (Å²) in [7, 11) is -0.793. The van der Waals surface area contributed by atoms with Gasteiger partial charge in [0.1, 0.15) is 11.5 Å². The second-order valence-corrected chi connectivity index (χ2v) is 10.5. The topological polar surface area (TPSA) is 111 Å². The Kier molecular flexibility index (Phi) is 7.11. The molecule has 0 spiro atoms. The number of rotatable bonds is 7. The molecule has 0 fully saturated rings. The van der Waals surface area contributed by atoms with Crippen molar-refractivity contribution in [2.75, 3.05) is 30.6 Å². The highest BCUT2D eigenvalue weighted by Gasteiger charge is 2.27. The third-order valence-corrected chi connectivity index (χ3v) is 7.99. The summed E-state index contributed by atoms with van der Waals surface area (Å²) >= 11 is 1.50. The van der Waals surface area contributed by atoms with Crippen LogP contribution in [0.2, 0.25) is 0 Å². The van der Waals surface area contributed by atoms with Crippen LogP contribution in [0.1, 0.15) is 19.8 Å². The number of carbonyl (C=O) groups is 2. The summed E-state index contributed by atoms with van der Waals surface area (Å²) in [5.74, 6) is 1.03. The molecule has 8 nitrogen and oxygen atoms in total. The van der Waals surface area contributed by atoms with Gasteiger partial charge in [-0.05, 0) is 25.1 Å². The summed E-state index contributed by atoms with van der Waals surface area (Å²) in [5, 5.41) is 4.46. The Bertz CT molecular complexity index is 1080. The third kappa shape index (κ3) is 5.50. The molecule has 0 saturated carbocycles. The Labute approximate surface area is 185 Å². The Morgan fingerprint density at radius 3 is 2.48 bits per heavy atom. The van der Waals surface area contributed by atoms with Crippen LogP contribution in [0.25, 0.3) is 0 Å². The molecule has 2 aromatic rings. The van der Waals surface area contributed by atoms with Crippen LogP contribution in [0.3, 0.4) is 0 Å². The van der Waals surface area contributed by atoms with Crippen LogP contribution in [-0.4, -0.2) is 45.5 Å². The summed E-state index contributed by atoms with van der Waals surface area (Å²) in [6.45, 7) is 1.49. The molecule has 10 heteroatoms. The van der Waals surface area contributed by atoms with Crippen LogP contribution in [-0.2, 0) is 19.4 Å². The average Bonchev–Trinajstić information content (AvgIpc) is 2.92. The van der Waals surface area contributed by atoms with Crippen LogP contribution in [0.5, 0.6) is 11.5 Å². The van der Waals surface area contributed by atoms with E-state index in [1.165, 1.54) is 45.0 Å². The molecule has 0 aromatic heterocycles. The minimum Gasteiger partial charge on any atom is -0.497 e. The molecule has 1 heterocycles. The zero-order valence-corrected chi connectivity index (χ0v) is 19.1. The smallest absolute Gasteiger partial charge is 0.225 e. The van der Waals surface area contributed by atoms with Crippen molar-refractivity contribution in [1.82, 2.24) is 0 Å². The fourth-order valence-electron chi connectivity index (χ4n) is 3.07. The fourth-order valence-corrected chi connectivity index (χ4v) is 5.38. The molecular weight excluding hydrogens is 440 g/mol. The van der Waals surface area contributed by atoms with E-state index in [0.717, 1.165) is 4.90 Å². The molecule has 1 aliphatic heterocycles. The van der Waals surface area contributed by atoms with Gasteiger partial charge in [0.25, 0.3) is 0 Å². The minimum absolute atomic E-state index is 0.0670.